The van der Waals surface area contributed by atoms with Gasteiger partial charge in [0.15, 0.2) is 0 Å². The summed E-state index contributed by atoms with van der Waals surface area (Å²) in [7, 11) is 0. The standard InChI is InChI=1S/C13H17NS/c1-3-7-10(4-2)13-11-8-5-6-9-12(11)15-14-13/h5-6,8-10H,3-4,7H2,1-2H3. The lowest BCUT2D eigenvalue weighted by atomic mass is 9.95. The summed E-state index contributed by atoms with van der Waals surface area (Å²) in [5.74, 6) is 0.645. The van der Waals surface area contributed by atoms with E-state index < -0.39 is 0 Å². The zero-order valence-electron chi connectivity index (χ0n) is 9.36. The summed E-state index contributed by atoms with van der Waals surface area (Å²) in [4.78, 5) is 0. The van der Waals surface area contributed by atoms with Crippen LogP contribution in [0.15, 0.2) is 24.3 Å². The Labute approximate surface area is 95.3 Å². The number of nitrogens with zero attached hydrogens (tertiary/aromatic N) is 1. The Morgan fingerprint density at radius 2 is 2.07 bits per heavy atom. The molecule has 1 atom stereocenters. The minimum absolute atomic E-state index is 0.645. The van der Waals surface area contributed by atoms with Crippen molar-refractivity contribution in [2.45, 2.75) is 39.0 Å². The second-order valence-electron chi connectivity index (χ2n) is 3.96. The number of rotatable bonds is 4. The average Bonchev–Trinajstić information content (AvgIpc) is 2.70. The zero-order chi connectivity index (χ0) is 10.7. The molecule has 0 saturated heterocycles. The fourth-order valence-corrected chi connectivity index (χ4v) is 2.94. The van der Waals surface area contributed by atoms with Gasteiger partial charge in [-0.1, -0.05) is 38.5 Å². The lowest BCUT2D eigenvalue weighted by molar-refractivity contribution is 0.590. The molecular weight excluding hydrogens is 202 g/mol. The monoisotopic (exact) mass is 219 g/mol. The Morgan fingerprint density at radius 3 is 2.80 bits per heavy atom. The zero-order valence-corrected chi connectivity index (χ0v) is 10.2. The molecule has 0 aliphatic heterocycles. The summed E-state index contributed by atoms with van der Waals surface area (Å²) in [5, 5.41) is 1.36. The van der Waals surface area contributed by atoms with E-state index in [-0.39, 0.29) is 0 Å². The van der Waals surface area contributed by atoms with Gasteiger partial charge in [0.2, 0.25) is 0 Å². The molecule has 0 amide bonds. The maximum atomic E-state index is 4.63. The Morgan fingerprint density at radius 1 is 1.27 bits per heavy atom. The highest BCUT2D eigenvalue weighted by molar-refractivity contribution is 7.13. The first-order valence-corrected chi connectivity index (χ1v) is 6.48. The Bertz CT molecular complexity index is 433. The summed E-state index contributed by atoms with van der Waals surface area (Å²) in [5.41, 5.74) is 1.32. The van der Waals surface area contributed by atoms with E-state index in [1.54, 1.807) is 11.5 Å². The first-order valence-electron chi connectivity index (χ1n) is 5.71. The van der Waals surface area contributed by atoms with Crippen LogP contribution < -0.4 is 0 Å². The number of benzene rings is 1. The van der Waals surface area contributed by atoms with Gasteiger partial charge in [-0.25, -0.2) is 0 Å². The van der Waals surface area contributed by atoms with Crippen LogP contribution in [0.2, 0.25) is 0 Å². The molecule has 0 aliphatic rings. The lowest BCUT2D eigenvalue weighted by Crippen LogP contribution is -1.97. The summed E-state index contributed by atoms with van der Waals surface area (Å²) < 4.78 is 5.95. The molecule has 0 fully saturated rings. The summed E-state index contributed by atoms with van der Waals surface area (Å²) in [6.07, 6.45) is 3.69. The molecular formula is C13H17NS. The van der Waals surface area contributed by atoms with Crippen LogP contribution in [0.1, 0.15) is 44.7 Å². The molecule has 0 saturated carbocycles. The first kappa shape index (κ1) is 10.6. The van der Waals surface area contributed by atoms with Gasteiger partial charge in [0.1, 0.15) is 0 Å². The quantitative estimate of drug-likeness (QED) is 0.733. The van der Waals surface area contributed by atoms with Gasteiger partial charge in [0.05, 0.1) is 10.4 Å². The number of hydrogen-bond donors (Lipinski definition) is 0. The van der Waals surface area contributed by atoms with Crippen LogP contribution in [0.3, 0.4) is 0 Å². The van der Waals surface area contributed by atoms with E-state index in [0.29, 0.717) is 5.92 Å². The van der Waals surface area contributed by atoms with Gasteiger partial charge in [-0.2, -0.15) is 4.37 Å². The molecule has 1 nitrogen and oxygen atoms in total. The van der Waals surface area contributed by atoms with Gasteiger partial charge in [-0.15, -0.1) is 0 Å². The predicted molar refractivity (Wildman–Crippen MR) is 67.6 cm³/mol. The van der Waals surface area contributed by atoms with Gasteiger partial charge < -0.3 is 0 Å². The number of hydrogen-bond acceptors (Lipinski definition) is 2. The van der Waals surface area contributed by atoms with Gasteiger partial charge in [0.25, 0.3) is 0 Å². The molecule has 1 unspecified atom stereocenters. The topological polar surface area (TPSA) is 12.9 Å². The maximum Gasteiger partial charge on any atom is 0.0651 e. The highest BCUT2D eigenvalue weighted by atomic mass is 32.1. The highest BCUT2D eigenvalue weighted by Gasteiger charge is 2.14. The molecule has 1 aromatic heterocycles. The van der Waals surface area contributed by atoms with Crippen LogP contribution in [-0.2, 0) is 0 Å². The molecule has 0 N–H and O–H groups in total. The normalized spacial score (nSPS) is 13.2. The largest absolute Gasteiger partial charge is 0.196 e. The van der Waals surface area contributed by atoms with E-state index in [4.69, 9.17) is 0 Å². The van der Waals surface area contributed by atoms with E-state index in [9.17, 15) is 0 Å². The van der Waals surface area contributed by atoms with E-state index in [1.165, 1.54) is 35.0 Å². The third-order valence-electron chi connectivity index (χ3n) is 2.92. The second-order valence-corrected chi connectivity index (χ2v) is 4.76. The molecule has 0 spiro atoms. The fourth-order valence-electron chi connectivity index (χ4n) is 2.08. The van der Waals surface area contributed by atoms with Crippen LogP contribution in [0.4, 0.5) is 0 Å². The van der Waals surface area contributed by atoms with E-state index in [0.717, 1.165) is 0 Å². The molecule has 2 rings (SSSR count). The van der Waals surface area contributed by atoms with E-state index in [2.05, 4.69) is 42.5 Å². The molecule has 2 heteroatoms. The van der Waals surface area contributed by atoms with Crippen LogP contribution in [-0.4, -0.2) is 4.37 Å². The molecule has 15 heavy (non-hydrogen) atoms. The lowest BCUT2D eigenvalue weighted by Gasteiger charge is -2.11. The smallest absolute Gasteiger partial charge is 0.0651 e. The van der Waals surface area contributed by atoms with Gasteiger partial charge in [-0.3, -0.25) is 0 Å². The fraction of sp³-hybridized carbons (Fsp3) is 0.462. The van der Waals surface area contributed by atoms with Crippen LogP contribution in [0.25, 0.3) is 10.1 Å². The second kappa shape index (κ2) is 4.75. The molecule has 1 heterocycles. The molecule has 0 aliphatic carbocycles. The molecule has 2 aromatic rings. The maximum absolute atomic E-state index is 4.63. The van der Waals surface area contributed by atoms with Crippen molar-refractivity contribution >= 4 is 21.6 Å². The van der Waals surface area contributed by atoms with E-state index >= 15 is 0 Å². The van der Waals surface area contributed by atoms with Crippen molar-refractivity contribution in [3.05, 3.63) is 30.0 Å². The molecule has 1 aromatic carbocycles. The van der Waals surface area contributed by atoms with Crippen molar-refractivity contribution in [3.63, 3.8) is 0 Å². The molecule has 80 valence electrons. The third kappa shape index (κ3) is 2.05. The summed E-state index contributed by atoms with van der Waals surface area (Å²) in [6.45, 7) is 4.51. The summed E-state index contributed by atoms with van der Waals surface area (Å²) in [6, 6.07) is 8.56. The van der Waals surface area contributed by atoms with Crippen molar-refractivity contribution in [2.24, 2.45) is 0 Å². The van der Waals surface area contributed by atoms with E-state index in [1.807, 2.05) is 0 Å². The predicted octanol–water partition coefficient (Wildman–Crippen LogP) is 4.59. The van der Waals surface area contributed by atoms with Crippen molar-refractivity contribution in [1.29, 1.82) is 0 Å². The van der Waals surface area contributed by atoms with Crippen molar-refractivity contribution in [3.8, 4) is 0 Å². The number of fused-ring (bicyclic) bond motifs is 1. The summed E-state index contributed by atoms with van der Waals surface area (Å²) >= 11 is 1.63. The Balaban J connectivity index is 2.41. The molecule has 0 radical (unpaired) electrons. The Hall–Kier alpha value is -0.890. The van der Waals surface area contributed by atoms with Crippen LogP contribution in [0.5, 0.6) is 0 Å². The van der Waals surface area contributed by atoms with Crippen molar-refractivity contribution in [2.75, 3.05) is 0 Å². The SMILES string of the molecule is CCCC(CC)c1nsc2ccccc12. The third-order valence-corrected chi connectivity index (χ3v) is 3.76. The van der Waals surface area contributed by atoms with Gasteiger partial charge in [-0.05, 0) is 30.4 Å². The minimum atomic E-state index is 0.645. The van der Waals surface area contributed by atoms with Crippen molar-refractivity contribution < 1.29 is 0 Å². The van der Waals surface area contributed by atoms with Crippen LogP contribution in [0, 0.1) is 0 Å². The van der Waals surface area contributed by atoms with Gasteiger partial charge in [0, 0.05) is 11.3 Å². The Kier molecular flexibility index (Phi) is 3.37. The first-order chi connectivity index (χ1) is 7.36. The average molecular weight is 219 g/mol. The van der Waals surface area contributed by atoms with Crippen LogP contribution >= 0.6 is 11.5 Å². The number of aromatic nitrogens is 1. The van der Waals surface area contributed by atoms with Gasteiger partial charge >= 0.3 is 0 Å². The highest BCUT2D eigenvalue weighted by Crippen LogP contribution is 2.32. The minimum Gasteiger partial charge on any atom is -0.196 e. The molecule has 0 bridgehead atoms. The van der Waals surface area contributed by atoms with Crippen molar-refractivity contribution in [1.82, 2.24) is 4.37 Å².